The number of likely N-dealkylation sites (N-methyl/N-ethyl adjacent to an activating group) is 1. The first-order valence-electron chi connectivity index (χ1n) is 6.14. The van der Waals surface area contributed by atoms with Crippen LogP contribution < -0.4 is 0 Å². The molecule has 2 aromatic rings. The molecule has 0 aliphatic heterocycles. The molecule has 0 radical (unpaired) electrons. The summed E-state index contributed by atoms with van der Waals surface area (Å²) < 4.78 is 1.91. The second kappa shape index (κ2) is 6.08. The SMILES string of the molecule is CCN(CCO)C(=O)c1nc(SC)n2ccccc12. The topological polar surface area (TPSA) is 57.8 Å². The van der Waals surface area contributed by atoms with Crippen molar-refractivity contribution in [1.82, 2.24) is 14.3 Å². The molecule has 1 amide bonds. The maximum Gasteiger partial charge on any atom is 0.274 e. The Hall–Kier alpha value is -1.53. The number of carbonyl (C=O) groups is 1. The predicted octanol–water partition coefficient (Wildman–Crippen LogP) is 1.51. The zero-order valence-electron chi connectivity index (χ0n) is 11.0. The molecular weight excluding hydrogens is 262 g/mol. The minimum Gasteiger partial charge on any atom is -0.395 e. The van der Waals surface area contributed by atoms with Crippen LogP contribution in [0.5, 0.6) is 0 Å². The van der Waals surface area contributed by atoms with Crippen LogP contribution in [0.3, 0.4) is 0 Å². The van der Waals surface area contributed by atoms with Crippen LogP contribution >= 0.6 is 11.8 Å². The number of hydrogen-bond acceptors (Lipinski definition) is 4. The molecule has 0 spiro atoms. The first kappa shape index (κ1) is 13.9. The number of carbonyl (C=O) groups excluding carboxylic acids is 1. The van der Waals surface area contributed by atoms with Gasteiger partial charge in [0.25, 0.3) is 5.91 Å². The molecule has 0 aliphatic rings. The van der Waals surface area contributed by atoms with Gasteiger partial charge in [0.15, 0.2) is 10.9 Å². The lowest BCUT2D eigenvalue weighted by Crippen LogP contribution is -2.33. The van der Waals surface area contributed by atoms with Crippen LogP contribution in [0.25, 0.3) is 5.52 Å². The summed E-state index contributed by atoms with van der Waals surface area (Å²) in [6, 6.07) is 5.68. The van der Waals surface area contributed by atoms with Gasteiger partial charge in [0, 0.05) is 19.3 Å². The fourth-order valence-corrected chi connectivity index (χ4v) is 2.52. The lowest BCUT2D eigenvalue weighted by atomic mass is 10.3. The van der Waals surface area contributed by atoms with E-state index in [1.165, 1.54) is 11.8 Å². The van der Waals surface area contributed by atoms with Crippen molar-refractivity contribution in [1.29, 1.82) is 0 Å². The molecule has 2 aromatic heterocycles. The molecule has 5 nitrogen and oxygen atoms in total. The number of aliphatic hydroxyl groups excluding tert-OH is 1. The van der Waals surface area contributed by atoms with Gasteiger partial charge in [0.05, 0.1) is 12.1 Å². The van der Waals surface area contributed by atoms with Gasteiger partial charge in [-0.15, -0.1) is 0 Å². The summed E-state index contributed by atoms with van der Waals surface area (Å²) in [5.74, 6) is -0.138. The number of hydrogen-bond donors (Lipinski definition) is 1. The summed E-state index contributed by atoms with van der Waals surface area (Å²) in [5.41, 5.74) is 1.24. The summed E-state index contributed by atoms with van der Waals surface area (Å²) in [7, 11) is 0. The van der Waals surface area contributed by atoms with E-state index in [1.807, 2.05) is 42.0 Å². The van der Waals surface area contributed by atoms with E-state index in [9.17, 15) is 4.79 Å². The lowest BCUT2D eigenvalue weighted by molar-refractivity contribution is 0.0728. The Morgan fingerprint density at radius 3 is 2.95 bits per heavy atom. The number of aromatic nitrogens is 2. The molecule has 0 aliphatic carbocycles. The molecule has 102 valence electrons. The highest BCUT2D eigenvalue weighted by atomic mass is 32.2. The Kier molecular flexibility index (Phi) is 4.44. The summed E-state index contributed by atoms with van der Waals surface area (Å²) >= 11 is 1.50. The molecule has 6 heteroatoms. The highest BCUT2D eigenvalue weighted by molar-refractivity contribution is 7.98. The van der Waals surface area contributed by atoms with Crippen molar-refractivity contribution in [3.8, 4) is 0 Å². The lowest BCUT2D eigenvalue weighted by Gasteiger charge is -2.18. The molecule has 0 fully saturated rings. The Labute approximate surface area is 116 Å². The van der Waals surface area contributed by atoms with Gasteiger partial charge in [-0.2, -0.15) is 0 Å². The second-order valence-electron chi connectivity index (χ2n) is 4.01. The van der Waals surface area contributed by atoms with Crippen LogP contribution in [-0.4, -0.2) is 51.3 Å². The van der Waals surface area contributed by atoms with Crippen LogP contribution in [0.2, 0.25) is 0 Å². The molecule has 0 atom stereocenters. The number of rotatable bonds is 5. The van der Waals surface area contributed by atoms with Crippen LogP contribution in [0.4, 0.5) is 0 Å². The van der Waals surface area contributed by atoms with E-state index in [0.29, 0.717) is 18.8 Å². The van der Waals surface area contributed by atoms with Crippen molar-refractivity contribution in [2.45, 2.75) is 12.1 Å². The summed E-state index contributed by atoms with van der Waals surface area (Å²) in [4.78, 5) is 18.4. The monoisotopic (exact) mass is 279 g/mol. The number of thioether (sulfide) groups is 1. The number of amides is 1. The molecule has 0 unspecified atom stereocenters. The van der Waals surface area contributed by atoms with Gasteiger partial charge in [-0.05, 0) is 25.3 Å². The van der Waals surface area contributed by atoms with E-state index in [1.54, 1.807) is 4.90 Å². The maximum atomic E-state index is 12.4. The van der Waals surface area contributed by atoms with E-state index < -0.39 is 0 Å². The average Bonchev–Trinajstić information content (AvgIpc) is 2.83. The Morgan fingerprint density at radius 2 is 2.32 bits per heavy atom. The van der Waals surface area contributed by atoms with Gasteiger partial charge in [0.2, 0.25) is 0 Å². The van der Waals surface area contributed by atoms with Gasteiger partial charge in [0.1, 0.15) is 0 Å². The van der Waals surface area contributed by atoms with Gasteiger partial charge in [-0.3, -0.25) is 9.20 Å². The average molecular weight is 279 g/mol. The largest absolute Gasteiger partial charge is 0.395 e. The van der Waals surface area contributed by atoms with Crippen LogP contribution in [0.1, 0.15) is 17.4 Å². The number of pyridine rings is 1. The molecule has 0 saturated carbocycles. The van der Waals surface area contributed by atoms with Gasteiger partial charge in [-0.1, -0.05) is 17.8 Å². The van der Waals surface area contributed by atoms with E-state index in [-0.39, 0.29) is 12.5 Å². The van der Waals surface area contributed by atoms with Crippen LogP contribution in [0, 0.1) is 0 Å². The predicted molar refractivity (Wildman–Crippen MR) is 75.6 cm³/mol. The smallest absolute Gasteiger partial charge is 0.274 e. The molecule has 0 bridgehead atoms. The van der Waals surface area contributed by atoms with Crippen molar-refractivity contribution in [3.05, 3.63) is 30.1 Å². The molecule has 2 heterocycles. The van der Waals surface area contributed by atoms with Crippen molar-refractivity contribution in [2.75, 3.05) is 26.0 Å². The zero-order valence-corrected chi connectivity index (χ0v) is 11.9. The highest BCUT2D eigenvalue weighted by Crippen LogP contribution is 2.20. The molecular formula is C13H17N3O2S. The second-order valence-corrected chi connectivity index (χ2v) is 4.78. The Morgan fingerprint density at radius 1 is 1.53 bits per heavy atom. The summed E-state index contributed by atoms with van der Waals surface area (Å²) in [5, 5.41) is 9.80. The third-order valence-electron chi connectivity index (χ3n) is 2.94. The van der Waals surface area contributed by atoms with Crippen molar-refractivity contribution < 1.29 is 9.90 Å². The van der Waals surface area contributed by atoms with Crippen molar-refractivity contribution in [2.24, 2.45) is 0 Å². The Balaban J connectivity index is 2.47. The molecule has 0 aromatic carbocycles. The van der Waals surface area contributed by atoms with E-state index in [0.717, 1.165) is 10.7 Å². The zero-order chi connectivity index (χ0) is 13.8. The first-order valence-corrected chi connectivity index (χ1v) is 7.36. The summed E-state index contributed by atoms with van der Waals surface area (Å²) in [6.07, 6.45) is 3.83. The quantitative estimate of drug-likeness (QED) is 0.843. The summed E-state index contributed by atoms with van der Waals surface area (Å²) in [6.45, 7) is 2.73. The van der Waals surface area contributed by atoms with Gasteiger partial charge in [-0.25, -0.2) is 4.98 Å². The molecule has 19 heavy (non-hydrogen) atoms. The van der Waals surface area contributed by atoms with E-state index in [2.05, 4.69) is 4.98 Å². The number of aliphatic hydroxyl groups is 1. The minimum atomic E-state index is -0.138. The molecule has 2 rings (SSSR count). The fraction of sp³-hybridized carbons (Fsp3) is 0.385. The van der Waals surface area contributed by atoms with Crippen molar-refractivity contribution in [3.63, 3.8) is 0 Å². The van der Waals surface area contributed by atoms with Gasteiger partial charge >= 0.3 is 0 Å². The highest BCUT2D eigenvalue weighted by Gasteiger charge is 2.21. The standard InChI is InChI=1S/C13H17N3O2S/c1-3-15(8-9-17)12(18)11-10-6-4-5-7-16(10)13(14-11)19-2/h4-7,17H,3,8-9H2,1-2H3. The van der Waals surface area contributed by atoms with E-state index in [4.69, 9.17) is 5.11 Å². The molecule has 0 saturated heterocycles. The molecule has 1 N–H and O–H groups in total. The number of nitrogens with zero attached hydrogens (tertiary/aromatic N) is 3. The van der Waals surface area contributed by atoms with E-state index >= 15 is 0 Å². The third kappa shape index (κ3) is 2.59. The fourth-order valence-electron chi connectivity index (χ4n) is 1.98. The minimum absolute atomic E-state index is 0.0409. The number of imidazole rings is 1. The van der Waals surface area contributed by atoms with Crippen LogP contribution in [-0.2, 0) is 0 Å². The normalized spacial score (nSPS) is 10.9. The Bertz CT molecular complexity index is 582. The first-order chi connectivity index (χ1) is 9.22. The van der Waals surface area contributed by atoms with Crippen molar-refractivity contribution >= 4 is 23.2 Å². The maximum absolute atomic E-state index is 12.4. The van der Waals surface area contributed by atoms with Gasteiger partial charge < -0.3 is 10.0 Å². The third-order valence-corrected chi connectivity index (χ3v) is 3.59. The van der Waals surface area contributed by atoms with Crippen LogP contribution in [0.15, 0.2) is 29.6 Å². The number of fused-ring (bicyclic) bond motifs is 1.